The van der Waals surface area contributed by atoms with Crippen LogP contribution < -0.4 is 5.32 Å². The summed E-state index contributed by atoms with van der Waals surface area (Å²) in [7, 11) is 0. The van der Waals surface area contributed by atoms with Crippen LogP contribution in [0.5, 0.6) is 0 Å². The Bertz CT molecular complexity index is 968. The monoisotopic (exact) mass is 319 g/mol. The van der Waals surface area contributed by atoms with Gasteiger partial charge in [0.05, 0.1) is 0 Å². The van der Waals surface area contributed by atoms with E-state index in [1.807, 2.05) is 59.1 Å². The zero-order valence-corrected chi connectivity index (χ0v) is 13.1. The Hall–Kier alpha value is -3.15. The molecule has 0 radical (unpaired) electrons. The number of H-pyrrole nitrogens is 1. The van der Waals surface area contributed by atoms with Crippen molar-refractivity contribution in [1.82, 2.24) is 24.9 Å². The largest absolute Gasteiger partial charge is 0.351 e. The number of benzene rings is 1. The van der Waals surface area contributed by atoms with Gasteiger partial charge in [-0.15, -0.1) is 10.2 Å². The fourth-order valence-corrected chi connectivity index (χ4v) is 2.80. The number of aromatic amines is 1. The first kappa shape index (κ1) is 14.4. The number of amides is 1. The van der Waals surface area contributed by atoms with Crippen LogP contribution in [0.3, 0.4) is 0 Å². The lowest BCUT2D eigenvalue weighted by molar-refractivity contribution is 0.0949. The van der Waals surface area contributed by atoms with Gasteiger partial charge in [0.15, 0.2) is 5.65 Å². The molecule has 120 valence electrons. The van der Waals surface area contributed by atoms with Crippen LogP contribution in [0, 0.1) is 0 Å². The first-order chi connectivity index (χ1) is 11.8. The number of pyridine rings is 1. The van der Waals surface area contributed by atoms with Crippen LogP contribution in [-0.4, -0.2) is 32.0 Å². The molecule has 0 aliphatic rings. The van der Waals surface area contributed by atoms with Gasteiger partial charge in [0.1, 0.15) is 11.5 Å². The maximum Gasteiger partial charge on any atom is 0.267 e. The first-order valence-electron chi connectivity index (χ1n) is 7.96. The van der Waals surface area contributed by atoms with Crippen LogP contribution in [0.15, 0.2) is 54.7 Å². The Morgan fingerprint density at radius 1 is 1.12 bits per heavy atom. The zero-order chi connectivity index (χ0) is 16.4. The van der Waals surface area contributed by atoms with Crippen molar-refractivity contribution in [2.45, 2.75) is 12.8 Å². The van der Waals surface area contributed by atoms with Gasteiger partial charge in [-0.1, -0.05) is 24.3 Å². The molecule has 3 aromatic heterocycles. The van der Waals surface area contributed by atoms with Crippen LogP contribution in [-0.2, 0) is 6.42 Å². The molecule has 0 atom stereocenters. The Morgan fingerprint density at radius 3 is 2.92 bits per heavy atom. The van der Waals surface area contributed by atoms with E-state index in [4.69, 9.17) is 0 Å². The van der Waals surface area contributed by atoms with E-state index >= 15 is 0 Å². The van der Waals surface area contributed by atoms with Crippen molar-refractivity contribution in [3.8, 4) is 0 Å². The molecule has 0 saturated heterocycles. The summed E-state index contributed by atoms with van der Waals surface area (Å²) in [6.07, 6.45) is 3.52. The number of nitrogens with one attached hydrogen (secondary N) is 2. The summed E-state index contributed by atoms with van der Waals surface area (Å²) in [5, 5.41) is 12.3. The molecule has 0 saturated carbocycles. The molecular weight excluding hydrogens is 302 g/mol. The smallest absolute Gasteiger partial charge is 0.267 e. The van der Waals surface area contributed by atoms with E-state index in [9.17, 15) is 4.79 Å². The second kappa shape index (κ2) is 6.16. The van der Waals surface area contributed by atoms with Gasteiger partial charge < -0.3 is 10.3 Å². The Kier molecular flexibility index (Phi) is 3.70. The lowest BCUT2D eigenvalue weighted by Crippen LogP contribution is -2.25. The van der Waals surface area contributed by atoms with E-state index in [-0.39, 0.29) is 5.91 Å². The standard InChI is InChI=1S/C18H17N5O/c24-18(15-12-13-6-1-2-7-14(13)20-15)19-10-5-9-17-22-21-16-8-3-4-11-23(16)17/h1-4,6-8,11-12,20H,5,9-10H2,(H,19,24). The number of aromatic nitrogens is 4. The van der Waals surface area contributed by atoms with Crippen molar-refractivity contribution >= 4 is 22.5 Å². The summed E-state index contributed by atoms with van der Waals surface area (Å²) >= 11 is 0. The molecule has 2 N–H and O–H groups in total. The van der Waals surface area contributed by atoms with Crippen molar-refractivity contribution in [2.75, 3.05) is 6.54 Å². The fourth-order valence-electron chi connectivity index (χ4n) is 2.80. The van der Waals surface area contributed by atoms with E-state index < -0.39 is 0 Å². The van der Waals surface area contributed by atoms with Gasteiger partial charge in [-0.05, 0) is 30.7 Å². The second-order valence-electron chi connectivity index (χ2n) is 5.67. The topological polar surface area (TPSA) is 75.1 Å². The highest BCUT2D eigenvalue weighted by molar-refractivity contribution is 5.97. The second-order valence-corrected chi connectivity index (χ2v) is 5.67. The maximum atomic E-state index is 12.2. The quantitative estimate of drug-likeness (QED) is 0.555. The number of carbonyl (C=O) groups excluding carboxylic acids is 1. The van der Waals surface area contributed by atoms with Gasteiger partial charge in [-0.25, -0.2) is 0 Å². The first-order valence-corrected chi connectivity index (χ1v) is 7.96. The summed E-state index contributed by atoms with van der Waals surface area (Å²) in [4.78, 5) is 15.3. The number of carbonyl (C=O) groups is 1. The average molecular weight is 319 g/mol. The third kappa shape index (κ3) is 2.74. The van der Waals surface area contributed by atoms with Gasteiger partial charge in [-0.2, -0.15) is 0 Å². The highest BCUT2D eigenvalue weighted by Gasteiger charge is 2.09. The molecular formula is C18H17N5O. The van der Waals surface area contributed by atoms with Crippen LogP contribution in [0.4, 0.5) is 0 Å². The van der Waals surface area contributed by atoms with Crippen molar-refractivity contribution in [1.29, 1.82) is 0 Å². The Morgan fingerprint density at radius 2 is 2.00 bits per heavy atom. The average Bonchev–Trinajstić information content (AvgIpc) is 3.23. The van der Waals surface area contributed by atoms with Gasteiger partial charge in [0.25, 0.3) is 5.91 Å². The minimum atomic E-state index is -0.0858. The molecule has 6 nitrogen and oxygen atoms in total. The molecule has 0 bridgehead atoms. The highest BCUT2D eigenvalue weighted by Crippen LogP contribution is 2.14. The Labute approximate surface area is 138 Å². The molecule has 0 aliphatic carbocycles. The SMILES string of the molecule is O=C(NCCCc1nnc2ccccn12)c1cc2ccccc2[nH]1. The van der Waals surface area contributed by atoms with Crippen molar-refractivity contribution < 1.29 is 4.79 Å². The lowest BCUT2D eigenvalue weighted by Gasteiger charge is -2.03. The molecule has 24 heavy (non-hydrogen) atoms. The van der Waals surface area contributed by atoms with E-state index in [1.54, 1.807) is 0 Å². The highest BCUT2D eigenvalue weighted by atomic mass is 16.1. The normalized spacial score (nSPS) is 11.2. The third-order valence-corrected chi connectivity index (χ3v) is 4.02. The summed E-state index contributed by atoms with van der Waals surface area (Å²) in [6, 6.07) is 15.5. The summed E-state index contributed by atoms with van der Waals surface area (Å²) in [5.74, 6) is 0.822. The van der Waals surface area contributed by atoms with Crippen LogP contribution >= 0.6 is 0 Å². The van der Waals surface area contributed by atoms with Crippen molar-refractivity contribution in [3.63, 3.8) is 0 Å². The molecule has 1 aromatic carbocycles. The molecule has 6 heteroatoms. The summed E-state index contributed by atoms with van der Waals surface area (Å²) in [6.45, 7) is 0.593. The van der Waals surface area contributed by atoms with Crippen LogP contribution in [0.2, 0.25) is 0 Å². The molecule has 4 aromatic rings. The minimum Gasteiger partial charge on any atom is -0.351 e. The number of aryl methyl sites for hydroxylation is 1. The van der Waals surface area contributed by atoms with Crippen molar-refractivity contribution in [2.24, 2.45) is 0 Å². The van der Waals surface area contributed by atoms with E-state index in [0.29, 0.717) is 12.2 Å². The molecule has 0 unspecified atom stereocenters. The molecule has 0 fully saturated rings. The fraction of sp³-hybridized carbons (Fsp3) is 0.167. The van der Waals surface area contributed by atoms with Gasteiger partial charge >= 0.3 is 0 Å². The van der Waals surface area contributed by atoms with E-state index in [1.165, 1.54) is 0 Å². The summed E-state index contributed by atoms with van der Waals surface area (Å²) < 4.78 is 1.97. The number of fused-ring (bicyclic) bond motifs is 2. The molecule has 3 heterocycles. The number of para-hydroxylation sites is 1. The zero-order valence-electron chi connectivity index (χ0n) is 13.1. The summed E-state index contributed by atoms with van der Waals surface area (Å²) in [5.41, 5.74) is 2.40. The maximum absolute atomic E-state index is 12.2. The predicted octanol–water partition coefficient (Wildman–Crippen LogP) is 2.57. The van der Waals surface area contributed by atoms with Gasteiger partial charge in [0, 0.05) is 30.1 Å². The van der Waals surface area contributed by atoms with Crippen molar-refractivity contribution in [3.05, 3.63) is 66.2 Å². The van der Waals surface area contributed by atoms with Crippen LogP contribution in [0.1, 0.15) is 22.7 Å². The third-order valence-electron chi connectivity index (χ3n) is 4.02. The molecule has 4 rings (SSSR count). The number of rotatable bonds is 5. The van der Waals surface area contributed by atoms with Gasteiger partial charge in [0.2, 0.25) is 0 Å². The van der Waals surface area contributed by atoms with E-state index in [2.05, 4.69) is 20.5 Å². The predicted molar refractivity (Wildman–Crippen MR) is 91.9 cm³/mol. The molecule has 0 aliphatic heterocycles. The molecule has 0 spiro atoms. The Balaban J connectivity index is 1.34. The number of nitrogens with zero attached hydrogens (tertiary/aromatic N) is 3. The number of hydrogen-bond acceptors (Lipinski definition) is 3. The van der Waals surface area contributed by atoms with E-state index in [0.717, 1.165) is 35.2 Å². The lowest BCUT2D eigenvalue weighted by atomic mass is 10.2. The van der Waals surface area contributed by atoms with Crippen LogP contribution in [0.25, 0.3) is 16.6 Å². The van der Waals surface area contributed by atoms with Gasteiger partial charge in [-0.3, -0.25) is 9.20 Å². The number of hydrogen-bond donors (Lipinski definition) is 2. The minimum absolute atomic E-state index is 0.0858. The molecule has 1 amide bonds.